The predicted octanol–water partition coefficient (Wildman–Crippen LogP) is 3.14. The smallest absolute Gasteiger partial charge is 0.370 e. The molecule has 1 aromatic heterocycles. The van der Waals surface area contributed by atoms with Gasteiger partial charge in [-0.3, -0.25) is 9.35 Å². The van der Waals surface area contributed by atoms with Gasteiger partial charge in [-0.2, -0.15) is 21.6 Å². The molecule has 27 heavy (non-hydrogen) atoms. The molecule has 4 N–H and O–H groups in total. The number of carbonyl (C=O) groups is 1. The lowest BCUT2D eigenvalue weighted by Gasteiger charge is -2.20. The Bertz CT molecular complexity index is 911. The number of thiazole rings is 1. The van der Waals surface area contributed by atoms with Crippen LogP contribution in [0.4, 0.5) is 24.0 Å². The lowest BCUT2D eigenvalue weighted by atomic mass is 9.95. The fourth-order valence-electron chi connectivity index (χ4n) is 2.41. The highest BCUT2D eigenvalue weighted by Crippen LogP contribution is 2.33. The first-order chi connectivity index (χ1) is 12.4. The molecule has 12 heteroatoms. The zero-order valence-electron chi connectivity index (χ0n) is 13.9. The highest BCUT2D eigenvalue weighted by Gasteiger charge is 2.34. The van der Waals surface area contributed by atoms with E-state index in [0.717, 1.165) is 16.7 Å². The molecule has 2 rings (SSSR count). The lowest BCUT2D eigenvalue weighted by molar-refractivity contribution is -0.140. The molecule has 0 saturated carbocycles. The summed E-state index contributed by atoms with van der Waals surface area (Å²) in [6.45, 7) is 1.51. The van der Waals surface area contributed by atoms with E-state index in [-0.39, 0.29) is 5.13 Å². The number of nitrogens with two attached hydrogens (primary N) is 1. The van der Waals surface area contributed by atoms with Gasteiger partial charge in [-0.1, -0.05) is 19.1 Å². The van der Waals surface area contributed by atoms with Crippen molar-refractivity contribution in [2.75, 3.05) is 5.32 Å². The Morgan fingerprint density at radius 1 is 1.33 bits per heavy atom. The summed E-state index contributed by atoms with van der Waals surface area (Å²) in [5, 5.41) is 2.26. The van der Waals surface area contributed by atoms with Gasteiger partial charge in [-0.05, 0) is 17.7 Å². The van der Waals surface area contributed by atoms with Crippen molar-refractivity contribution in [3.05, 3.63) is 40.9 Å². The minimum Gasteiger partial charge on any atom is -0.370 e. The first kappa shape index (κ1) is 21.1. The molecule has 0 aliphatic carbocycles. The largest absolute Gasteiger partial charge is 0.434 e. The van der Waals surface area contributed by atoms with E-state index in [1.165, 1.54) is 31.2 Å². The average Bonchev–Trinajstić information content (AvgIpc) is 3.00. The van der Waals surface area contributed by atoms with Crippen LogP contribution in [0.25, 0.3) is 0 Å². The van der Waals surface area contributed by atoms with Crippen molar-refractivity contribution in [3.63, 3.8) is 0 Å². The van der Waals surface area contributed by atoms with Crippen molar-refractivity contribution >= 4 is 38.2 Å². The molecule has 2 aromatic rings. The number of aromatic nitrogens is 1. The van der Waals surface area contributed by atoms with Gasteiger partial charge in [0, 0.05) is 23.4 Å². The number of hydrogen-bond donors (Lipinski definition) is 3. The van der Waals surface area contributed by atoms with Crippen LogP contribution in [0.2, 0.25) is 0 Å². The molecular formula is C15H16F3N3O4S2. The Labute approximate surface area is 157 Å². The minimum atomic E-state index is -4.53. The highest BCUT2D eigenvalue weighted by molar-refractivity contribution is 7.86. The van der Waals surface area contributed by atoms with Crippen LogP contribution in [0.5, 0.6) is 0 Å². The van der Waals surface area contributed by atoms with Crippen LogP contribution in [0.15, 0.2) is 29.6 Å². The SMILES string of the molecule is C[C@H](c1ccc(Nc2nc(C(F)(F)F)cs2)cc1)C(CC(N)=O)S(=O)(=O)O. The molecule has 1 unspecified atom stereocenters. The van der Waals surface area contributed by atoms with E-state index in [1.807, 2.05) is 0 Å². The molecule has 0 radical (unpaired) electrons. The molecule has 7 nitrogen and oxygen atoms in total. The van der Waals surface area contributed by atoms with Gasteiger partial charge < -0.3 is 11.1 Å². The minimum absolute atomic E-state index is 0.0488. The Morgan fingerprint density at radius 2 is 1.93 bits per heavy atom. The van der Waals surface area contributed by atoms with Crippen molar-refractivity contribution in [1.29, 1.82) is 0 Å². The van der Waals surface area contributed by atoms with Gasteiger partial charge in [0.25, 0.3) is 10.1 Å². The summed E-state index contributed by atoms with van der Waals surface area (Å²) < 4.78 is 70.0. The number of amides is 1. The molecule has 1 heterocycles. The van der Waals surface area contributed by atoms with E-state index >= 15 is 0 Å². The monoisotopic (exact) mass is 423 g/mol. The second-order valence-electron chi connectivity index (χ2n) is 5.80. The number of nitrogens with one attached hydrogen (secondary N) is 1. The van der Waals surface area contributed by atoms with Crippen LogP contribution in [0.1, 0.15) is 30.5 Å². The zero-order chi connectivity index (χ0) is 20.4. The molecular weight excluding hydrogens is 407 g/mol. The van der Waals surface area contributed by atoms with Crippen molar-refractivity contribution in [2.24, 2.45) is 5.73 Å². The summed E-state index contributed by atoms with van der Waals surface area (Å²) in [4.78, 5) is 14.5. The molecule has 1 amide bonds. The number of anilines is 2. The highest BCUT2D eigenvalue weighted by atomic mass is 32.2. The lowest BCUT2D eigenvalue weighted by Crippen LogP contribution is -2.31. The van der Waals surface area contributed by atoms with Gasteiger partial charge in [0.15, 0.2) is 10.8 Å². The number of rotatable bonds is 7. The number of primary amides is 1. The third kappa shape index (κ3) is 5.65. The molecule has 0 aliphatic rings. The van der Waals surface area contributed by atoms with E-state index in [1.54, 1.807) is 0 Å². The van der Waals surface area contributed by atoms with E-state index in [4.69, 9.17) is 5.73 Å². The Balaban J connectivity index is 2.16. The quantitative estimate of drug-likeness (QED) is 0.588. The first-order valence-electron chi connectivity index (χ1n) is 7.52. The predicted molar refractivity (Wildman–Crippen MR) is 94.4 cm³/mol. The Hall–Kier alpha value is -2.18. The Kier molecular flexibility index (Phi) is 6.12. The molecule has 0 spiro atoms. The second-order valence-corrected chi connectivity index (χ2v) is 8.29. The molecule has 148 valence electrons. The summed E-state index contributed by atoms with van der Waals surface area (Å²) in [6, 6.07) is 6.10. The normalized spacial score (nSPS) is 14.6. The molecule has 0 bridgehead atoms. The summed E-state index contributed by atoms with van der Waals surface area (Å²) in [7, 11) is -4.51. The average molecular weight is 423 g/mol. The molecule has 0 fully saturated rings. The molecule has 0 aliphatic heterocycles. The number of hydrogen-bond acceptors (Lipinski definition) is 6. The van der Waals surface area contributed by atoms with Gasteiger partial charge in [0.05, 0.1) is 0 Å². The fourth-order valence-corrected chi connectivity index (χ4v) is 4.19. The second kappa shape index (κ2) is 7.82. The zero-order valence-corrected chi connectivity index (χ0v) is 15.5. The van der Waals surface area contributed by atoms with E-state index in [0.29, 0.717) is 11.3 Å². The van der Waals surface area contributed by atoms with Crippen LogP contribution < -0.4 is 11.1 Å². The molecule has 2 atom stereocenters. The third-order valence-corrected chi connectivity index (χ3v) is 5.92. The van der Waals surface area contributed by atoms with Crippen molar-refractivity contribution < 1.29 is 30.9 Å². The summed E-state index contributed by atoms with van der Waals surface area (Å²) in [5.74, 6) is -1.61. The molecule has 1 aromatic carbocycles. The standard InChI is InChI=1S/C15H16F3N3O4S2/c1-8(11(6-13(19)22)27(23,24)25)9-2-4-10(5-3-9)20-14-21-12(7-26-14)15(16,17)18/h2-5,7-8,11H,6H2,1H3,(H2,19,22)(H,20,21)(H,23,24,25)/t8-,11?/m1/s1. The van der Waals surface area contributed by atoms with Crippen LogP contribution >= 0.6 is 11.3 Å². The van der Waals surface area contributed by atoms with Gasteiger partial charge >= 0.3 is 6.18 Å². The van der Waals surface area contributed by atoms with Crippen molar-refractivity contribution in [3.8, 4) is 0 Å². The van der Waals surface area contributed by atoms with E-state index < -0.39 is 45.5 Å². The number of halogens is 3. The van der Waals surface area contributed by atoms with E-state index in [2.05, 4.69) is 10.3 Å². The van der Waals surface area contributed by atoms with Gasteiger partial charge in [0.1, 0.15) is 5.25 Å². The van der Waals surface area contributed by atoms with Crippen LogP contribution in [-0.4, -0.2) is 29.1 Å². The van der Waals surface area contributed by atoms with Gasteiger partial charge in [0.2, 0.25) is 5.91 Å². The van der Waals surface area contributed by atoms with Crippen LogP contribution in [0.3, 0.4) is 0 Å². The summed E-state index contributed by atoms with van der Waals surface area (Å²) in [6.07, 6.45) is -5.07. The first-order valence-corrected chi connectivity index (χ1v) is 9.90. The van der Waals surface area contributed by atoms with Crippen molar-refractivity contribution in [2.45, 2.75) is 30.7 Å². The maximum atomic E-state index is 12.6. The van der Waals surface area contributed by atoms with Crippen LogP contribution in [0, 0.1) is 0 Å². The summed E-state index contributed by atoms with van der Waals surface area (Å²) in [5.41, 5.74) is 4.98. The van der Waals surface area contributed by atoms with E-state index in [9.17, 15) is 30.9 Å². The maximum Gasteiger partial charge on any atom is 0.434 e. The Morgan fingerprint density at radius 3 is 2.37 bits per heavy atom. The summed E-state index contributed by atoms with van der Waals surface area (Å²) >= 11 is 0.791. The number of benzene rings is 1. The van der Waals surface area contributed by atoms with Gasteiger partial charge in [-0.25, -0.2) is 4.98 Å². The van der Waals surface area contributed by atoms with Gasteiger partial charge in [-0.15, -0.1) is 11.3 Å². The third-order valence-electron chi connectivity index (χ3n) is 3.82. The van der Waals surface area contributed by atoms with Crippen LogP contribution in [-0.2, 0) is 21.1 Å². The topological polar surface area (TPSA) is 122 Å². The fraction of sp³-hybridized carbons (Fsp3) is 0.333. The molecule has 0 saturated heterocycles. The number of nitrogens with zero attached hydrogens (tertiary/aromatic N) is 1. The maximum absolute atomic E-state index is 12.6. The number of carbonyl (C=O) groups excluding carboxylic acids is 1. The van der Waals surface area contributed by atoms with Crippen molar-refractivity contribution in [1.82, 2.24) is 4.98 Å². The number of alkyl halides is 3.